The predicted octanol–water partition coefficient (Wildman–Crippen LogP) is 5.04. The molecule has 0 aliphatic carbocycles. The highest BCUT2D eigenvalue weighted by atomic mass is 16.5. The Balaban J connectivity index is 3.86. The molecule has 23 heavy (non-hydrogen) atoms. The van der Waals surface area contributed by atoms with Gasteiger partial charge in [0.05, 0.1) is 25.6 Å². The van der Waals surface area contributed by atoms with Crippen molar-refractivity contribution in [3.63, 3.8) is 0 Å². The zero-order valence-corrected chi connectivity index (χ0v) is 15.4. The van der Waals surface area contributed by atoms with Crippen molar-refractivity contribution in [1.29, 1.82) is 0 Å². The second kappa shape index (κ2) is 15.8. The summed E-state index contributed by atoms with van der Waals surface area (Å²) in [5.74, 6) is -0.917. The van der Waals surface area contributed by atoms with E-state index in [0.29, 0.717) is 19.6 Å². The summed E-state index contributed by atoms with van der Waals surface area (Å²) in [6, 6.07) is 0. The molecule has 0 heterocycles. The molecule has 4 nitrogen and oxygen atoms in total. The van der Waals surface area contributed by atoms with Crippen LogP contribution in [0.5, 0.6) is 0 Å². The molecule has 4 heteroatoms. The largest absolute Gasteiger partial charge is 0.466 e. The summed E-state index contributed by atoms with van der Waals surface area (Å²) < 4.78 is 10.0. The van der Waals surface area contributed by atoms with Crippen molar-refractivity contribution in [3.05, 3.63) is 0 Å². The summed E-state index contributed by atoms with van der Waals surface area (Å²) in [4.78, 5) is 23.5. The van der Waals surface area contributed by atoms with Crippen molar-refractivity contribution in [2.45, 2.75) is 91.4 Å². The van der Waals surface area contributed by atoms with Gasteiger partial charge in [0.15, 0.2) is 0 Å². The molecule has 136 valence electrons. The molecule has 0 N–H and O–H groups in total. The Labute approximate surface area is 142 Å². The van der Waals surface area contributed by atoms with Crippen LogP contribution in [0.25, 0.3) is 0 Å². The van der Waals surface area contributed by atoms with E-state index in [1.54, 1.807) is 13.8 Å². The van der Waals surface area contributed by atoms with Crippen LogP contribution in [-0.4, -0.2) is 25.2 Å². The van der Waals surface area contributed by atoms with Crippen LogP contribution < -0.4 is 0 Å². The van der Waals surface area contributed by atoms with Gasteiger partial charge in [0.2, 0.25) is 0 Å². The normalized spacial score (nSPS) is 12.0. The van der Waals surface area contributed by atoms with Crippen molar-refractivity contribution < 1.29 is 19.1 Å². The Kier molecular flexibility index (Phi) is 15.1. The van der Waals surface area contributed by atoms with Crippen LogP contribution in [0.4, 0.5) is 0 Å². The molecular weight excluding hydrogens is 292 g/mol. The Hall–Kier alpha value is -1.06. The molecule has 0 spiro atoms. The van der Waals surface area contributed by atoms with Crippen molar-refractivity contribution in [3.8, 4) is 0 Å². The minimum absolute atomic E-state index is 0.143. The minimum Gasteiger partial charge on any atom is -0.466 e. The van der Waals surface area contributed by atoms with Gasteiger partial charge in [0, 0.05) is 0 Å². The fraction of sp³-hybridized carbons (Fsp3) is 0.895. The minimum atomic E-state index is -0.349. The van der Waals surface area contributed by atoms with Crippen LogP contribution in [0, 0.1) is 5.92 Å². The maximum absolute atomic E-state index is 11.9. The van der Waals surface area contributed by atoms with Crippen LogP contribution in [0.15, 0.2) is 0 Å². The molecule has 1 atom stereocenters. The second-order valence-electron chi connectivity index (χ2n) is 6.08. The molecule has 0 radical (unpaired) electrons. The number of hydrogen-bond acceptors (Lipinski definition) is 4. The standard InChI is InChI=1S/C19H36O4/c1-4-7-8-9-10-11-12-13-14-15-17(19(21)23-6-3)16-18(20)22-5-2/h17H,4-16H2,1-3H3. The first-order valence-corrected chi connectivity index (χ1v) is 9.47. The summed E-state index contributed by atoms with van der Waals surface area (Å²) in [5.41, 5.74) is 0. The SMILES string of the molecule is CCCCCCCCCCCC(CC(=O)OCC)C(=O)OCC. The van der Waals surface area contributed by atoms with E-state index >= 15 is 0 Å². The average Bonchev–Trinajstić information content (AvgIpc) is 2.52. The van der Waals surface area contributed by atoms with Gasteiger partial charge in [-0.2, -0.15) is 0 Å². The molecule has 0 aliphatic heterocycles. The number of ether oxygens (including phenoxy) is 2. The van der Waals surface area contributed by atoms with E-state index in [1.807, 2.05) is 0 Å². The van der Waals surface area contributed by atoms with Gasteiger partial charge in [-0.05, 0) is 20.3 Å². The molecule has 0 aliphatic rings. The molecule has 0 bridgehead atoms. The number of unbranched alkanes of at least 4 members (excludes halogenated alkanes) is 8. The Morgan fingerprint density at radius 2 is 1.26 bits per heavy atom. The maximum atomic E-state index is 11.9. The Morgan fingerprint density at radius 3 is 1.78 bits per heavy atom. The van der Waals surface area contributed by atoms with Gasteiger partial charge in [-0.3, -0.25) is 9.59 Å². The molecule has 1 unspecified atom stereocenters. The first kappa shape index (κ1) is 21.9. The van der Waals surface area contributed by atoms with Crippen molar-refractivity contribution >= 4 is 11.9 Å². The van der Waals surface area contributed by atoms with Crippen LogP contribution in [0.3, 0.4) is 0 Å². The van der Waals surface area contributed by atoms with E-state index in [4.69, 9.17) is 9.47 Å². The average molecular weight is 328 g/mol. The summed E-state index contributed by atoms with van der Waals surface area (Å²) in [6.07, 6.45) is 12.0. The fourth-order valence-corrected chi connectivity index (χ4v) is 2.69. The Morgan fingerprint density at radius 1 is 0.739 bits per heavy atom. The van der Waals surface area contributed by atoms with Gasteiger partial charge in [-0.15, -0.1) is 0 Å². The highest BCUT2D eigenvalue weighted by Gasteiger charge is 2.23. The van der Waals surface area contributed by atoms with Gasteiger partial charge < -0.3 is 9.47 Å². The van der Waals surface area contributed by atoms with Gasteiger partial charge in [0.1, 0.15) is 0 Å². The molecule has 0 saturated carbocycles. The lowest BCUT2D eigenvalue weighted by Crippen LogP contribution is -2.22. The van der Waals surface area contributed by atoms with E-state index in [9.17, 15) is 9.59 Å². The highest BCUT2D eigenvalue weighted by Crippen LogP contribution is 2.18. The molecule has 0 aromatic heterocycles. The van der Waals surface area contributed by atoms with Crippen LogP contribution in [0.2, 0.25) is 0 Å². The summed E-state index contributed by atoms with van der Waals surface area (Å²) in [7, 11) is 0. The first-order chi connectivity index (χ1) is 11.2. The molecule has 0 saturated heterocycles. The molecular formula is C19H36O4. The topological polar surface area (TPSA) is 52.6 Å². The maximum Gasteiger partial charge on any atom is 0.309 e. The molecule has 0 rings (SSSR count). The smallest absolute Gasteiger partial charge is 0.309 e. The number of rotatable bonds is 15. The molecule has 0 amide bonds. The predicted molar refractivity (Wildman–Crippen MR) is 93.2 cm³/mol. The highest BCUT2D eigenvalue weighted by molar-refractivity contribution is 5.79. The van der Waals surface area contributed by atoms with Gasteiger partial charge in [-0.25, -0.2) is 0 Å². The van der Waals surface area contributed by atoms with E-state index in [0.717, 1.165) is 12.8 Å². The third-order valence-corrected chi connectivity index (χ3v) is 3.99. The van der Waals surface area contributed by atoms with Crippen LogP contribution >= 0.6 is 0 Å². The van der Waals surface area contributed by atoms with Crippen molar-refractivity contribution in [2.24, 2.45) is 5.92 Å². The van der Waals surface area contributed by atoms with Crippen molar-refractivity contribution in [2.75, 3.05) is 13.2 Å². The third kappa shape index (κ3) is 13.1. The number of carbonyl (C=O) groups excluding carboxylic acids is 2. The summed E-state index contributed by atoms with van der Waals surface area (Å²) >= 11 is 0. The fourth-order valence-electron chi connectivity index (χ4n) is 2.69. The quantitative estimate of drug-likeness (QED) is 0.312. The van der Waals surface area contributed by atoms with E-state index in [-0.39, 0.29) is 24.3 Å². The summed E-state index contributed by atoms with van der Waals surface area (Å²) in [6.45, 7) is 6.51. The van der Waals surface area contributed by atoms with E-state index in [1.165, 1.54) is 44.9 Å². The van der Waals surface area contributed by atoms with Gasteiger partial charge in [0.25, 0.3) is 0 Å². The lowest BCUT2D eigenvalue weighted by atomic mass is 9.97. The zero-order valence-electron chi connectivity index (χ0n) is 15.4. The molecule has 0 fully saturated rings. The Bertz CT molecular complexity index is 302. The van der Waals surface area contributed by atoms with E-state index in [2.05, 4.69) is 6.92 Å². The van der Waals surface area contributed by atoms with Crippen LogP contribution in [0.1, 0.15) is 91.4 Å². The monoisotopic (exact) mass is 328 g/mol. The zero-order chi connectivity index (χ0) is 17.3. The first-order valence-electron chi connectivity index (χ1n) is 9.47. The lowest BCUT2D eigenvalue weighted by molar-refractivity contribution is -0.155. The number of hydrogen-bond donors (Lipinski definition) is 0. The van der Waals surface area contributed by atoms with Crippen LogP contribution in [-0.2, 0) is 19.1 Å². The number of esters is 2. The summed E-state index contributed by atoms with van der Waals surface area (Å²) in [5, 5.41) is 0. The van der Waals surface area contributed by atoms with Gasteiger partial charge in [-0.1, -0.05) is 64.7 Å². The van der Waals surface area contributed by atoms with E-state index < -0.39 is 0 Å². The molecule has 0 aromatic carbocycles. The number of carbonyl (C=O) groups is 2. The van der Waals surface area contributed by atoms with Gasteiger partial charge >= 0.3 is 11.9 Å². The third-order valence-electron chi connectivity index (χ3n) is 3.99. The second-order valence-corrected chi connectivity index (χ2v) is 6.08. The van der Waals surface area contributed by atoms with Crippen molar-refractivity contribution in [1.82, 2.24) is 0 Å². The molecule has 0 aromatic rings. The lowest BCUT2D eigenvalue weighted by Gasteiger charge is -2.14.